The van der Waals surface area contributed by atoms with Gasteiger partial charge in [-0.2, -0.15) is 0 Å². The number of rotatable bonds is 6. The molecule has 0 unspecified atom stereocenters. The quantitative estimate of drug-likeness (QED) is 0.890. The minimum absolute atomic E-state index is 0.618. The van der Waals surface area contributed by atoms with Crippen molar-refractivity contribution in [2.75, 3.05) is 30.9 Å². The fraction of sp³-hybridized carbons (Fsp3) is 0.400. The van der Waals surface area contributed by atoms with E-state index in [1.807, 2.05) is 57.4 Å². The van der Waals surface area contributed by atoms with Gasteiger partial charge in [-0.1, -0.05) is 11.6 Å². The molecule has 114 valence electrons. The van der Waals surface area contributed by atoms with Gasteiger partial charge in [0.05, 0.1) is 30.7 Å². The molecule has 0 saturated carbocycles. The Labute approximate surface area is 130 Å². The summed E-state index contributed by atoms with van der Waals surface area (Å²) >= 11 is 6.06. The number of hydrogen-bond acceptors (Lipinski definition) is 4. The van der Waals surface area contributed by atoms with E-state index in [1.54, 1.807) is 0 Å². The van der Waals surface area contributed by atoms with Crippen LogP contribution in [0.15, 0.2) is 24.4 Å². The van der Waals surface area contributed by atoms with Crippen LogP contribution in [-0.4, -0.2) is 30.3 Å². The third-order valence-corrected chi connectivity index (χ3v) is 3.40. The molecule has 0 radical (unpaired) electrons. The molecule has 1 aromatic carbocycles. The van der Waals surface area contributed by atoms with Crippen molar-refractivity contribution in [1.29, 1.82) is 0 Å². The van der Waals surface area contributed by atoms with Crippen LogP contribution in [0.1, 0.15) is 12.6 Å². The number of anilines is 2. The molecular weight excluding hydrogens is 288 g/mol. The fourth-order valence-electron chi connectivity index (χ4n) is 2.12. The summed E-state index contributed by atoms with van der Waals surface area (Å²) in [5.41, 5.74) is 1.97. The molecule has 0 fully saturated rings. The maximum Gasteiger partial charge on any atom is 0.204 e. The Morgan fingerprint density at radius 1 is 1.38 bits per heavy atom. The van der Waals surface area contributed by atoms with Crippen molar-refractivity contribution in [2.24, 2.45) is 7.05 Å². The molecule has 0 aliphatic rings. The lowest BCUT2D eigenvalue weighted by atomic mass is 10.3. The fourth-order valence-corrected chi connectivity index (χ4v) is 2.29. The van der Waals surface area contributed by atoms with Gasteiger partial charge in [0.2, 0.25) is 5.95 Å². The second kappa shape index (κ2) is 6.72. The highest BCUT2D eigenvalue weighted by molar-refractivity contribution is 6.30. The molecule has 0 aliphatic carbocycles. The van der Waals surface area contributed by atoms with E-state index in [0.717, 1.165) is 23.1 Å². The lowest BCUT2D eigenvalue weighted by Crippen LogP contribution is -2.15. The number of imidazole rings is 1. The molecule has 0 atom stereocenters. The molecule has 2 rings (SSSR count). The third kappa shape index (κ3) is 3.61. The van der Waals surface area contributed by atoms with Gasteiger partial charge in [0, 0.05) is 26.2 Å². The Morgan fingerprint density at radius 2 is 2.14 bits per heavy atom. The van der Waals surface area contributed by atoms with Crippen molar-refractivity contribution in [3.05, 3.63) is 35.1 Å². The first-order chi connectivity index (χ1) is 10.0. The van der Waals surface area contributed by atoms with Crippen LogP contribution in [0.4, 0.5) is 11.6 Å². The Bertz CT molecular complexity index is 610. The lowest BCUT2D eigenvalue weighted by molar-refractivity contribution is 0.341. The summed E-state index contributed by atoms with van der Waals surface area (Å²) in [5, 5.41) is 4.04. The minimum Gasteiger partial charge on any atom is -0.492 e. The van der Waals surface area contributed by atoms with Crippen LogP contribution in [0.5, 0.6) is 5.75 Å². The normalized spacial score (nSPS) is 10.5. The Balaban J connectivity index is 2.14. The van der Waals surface area contributed by atoms with Crippen molar-refractivity contribution in [3.63, 3.8) is 0 Å². The molecule has 1 heterocycles. The predicted molar refractivity (Wildman–Crippen MR) is 87.5 cm³/mol. The van der Waals surface area contributed by atoms with E-state index in [1.165, 1.54) is 0 Å². The maximum absolute atomic E-state index is 6.06. The second-order valence-electron chi connectivity index (χ2n) is 4.93. The first kappa shape index (κ1) is 15.5. The van der Waals surface area contributed by atoms with E-state index in [2.05, 4.69) is 14.9 Å². The van der Waals surface area contributed by atoms with E-state index in [4.69, 9.17) is 16.3 Å². The number of ether oxygens (including phenoxy) is 1. The molecule has 0 aliphatic heterocycles. The maximum atomic E-state index is 6.06. The average molecular weight is 309 g/mol. The monoisotopic (exact) mass is 308 g/mol. The van der Waals surface area contributed by atoms with Gasteiger partial charge in [-0.05, 0) is 25.1 Å². The van der Waals surface area contributed by atoms with Crippen molar-refractivity contribution < 1.29 is 4.74 Å². The third-order valence-electron chi connectivity index (χ3n) is 3.16. The lowest BCUT2D eigenvalue weighted by Gasteiger charge is -2.15. The highest BCUT2D eigenvalue weighted by Crippen LogP contribution is 2.28. The standard InChI is InChI=1S/C15H21ClN4O/c1-5-21-14-7-6-11(16)8-13(14)17-9-12-10-18-15(19(2)3)20(12)4/h6-8,10,17H,5,9H2,1-4H3. The summed E-state index contributed by atoms with van der Waals surface area (Å²) in [7, 11) is 5.95. The molecule has 2 aromatic rings. The number of hydrogen-bond donors (Lipinski definition) is 1. The number of aromatic nitrogens is 2. The molecule has 0 spiro atoms. The van der Waals surface area contributed by atoms with Crippen LogP contribution in [0, 0.1) is 0 Å². The van der Waals surface area contributed by atoms with E-state index in [9.17, 15) is 0 Å². The Hall–Kier alpha value is -1.88. The van der Waals surface area contributed by atoms with E-state index >= 15 is 0 Å². The zero-order valence-electron chi connectivity index (χ0n) is 12.9. The van der Waals surface area contributed by atoms with Gasteiger partial charge >= 0.3 is 0 Å². The predicted octanol–water partition coefficient (Wildman–Crippen LogP) is 3.15. The van der Waals surface area contributed by atoms with E-state index in [0.29, 0.717) is 18.2 Å². The van der Waals surface area contributed by atoms with Crippen LogP contribution in [0.25, 0.3) is 0 Å². The molecule has 6 heteroatoms. The van der Waals surface area contributed by atoms with Crippen molar-refractivity contribution in [2.45, 2.75) is 13.5 Å². The molecule has 0 bridgehead atoms. The molecule has 5 nitrogen and oxygen atoms in total. The minimum atomic E-state index is 0.618. The van der Waals surface area contributed by atoms with Crippen LogP contribution in [-0.2, 0) is 13.6 Å². The first-order valence-corrected chi connectivity index (χ1v) is 7.24. The van der Waals surface area contributed by atoms with Crippen molar-refractivity contribution in [1.82, 2.24) is 9.55 Å². The number of benzene rings is 1. The first-order valence-electron chi connectivity index (χ1n) is 6.87. The van der Waals surface area contributed by atoms with E-state index < -0.39 is 0 Å². The highest BCUT2D eigenvalue weighted by Gasteiger charge is 2.09. The molecule has 0 saturated heterocycles. The summed E-state index contributed by atoms with van der Waals surface area (Å²) in [4.78, 5) is 6.38. The summed E-state index contributed by atoms with van der Waals surface area (Å²) < 4.78 is 7.66. The van der Waals surface area contributed by atoms with Crippen LogP contribution < -0.4 is 15.0 Å². The average Bonchev–Trinajstić information content (AvgIpc) is 2.80. The van der Waals surface area contributed by atoms with Gasteiger partial charge in [-0.3, -0.25) is 0 Å². The van der Waals surface area contributed by atoms with Crippen LogP contribution in [0.3, 0.4) is 0 Å². The summed E-state index contributed by atoms with van der Waals surface area (Å²) in [6, 6.07) is 5.57. The molecule has 1 aromatic heterocycles. The summed E-state index contributed by atoms with van der Waals surface area (Å²) in [6.07, 6.45) is 1.87. The van der Waals surface area contributed by atoms with E-state index in [-0.39, 0.29) is 0 Å². The van der Waals surface area contributed by atoms with Crippen molar-refractivity contribution in [3.8, 4) is 5.75 Å². The molecule has 21 heavy (non-hydrogen) atoms. The van der Waals surface area contributed by atoms with Gasteiger partial charge in [-0.15, -0.1) is 0 Å². The topological polar surface area (TPSA) is 42.3 Å². The Kier molecular flexibility index (Phi) is 4.96. The molecule has 0 amide bonds. The molecular formula is C15H21ClN4O. The largest absolute Gasteiger partial charge is 0.492 e. The van der Waals surface area contributed by atoms with Crippen molar-refractivity contribution >= 4 is 23.2 Å². The SMILES string of the molecule is CCOc1ccc(Cl)cc1NCc1cnc(N(C)C)n1C. The van der Waals surface area contributed by atoms with Gasteiger partial charge in [-0.25, -0.2) is 4.98 Å². The van der Waals surface area contributed by atoms with Gasteiger partial charge in [0.15, 0.2) is 0 Å². The number of nitrogens with zero attached hydrogens (tertiary/aromatic N) is 3. The van der Waals surface area contributed by atoms with Crippen LogP contribution >= 0.6 is 11.6 Å². The summed E-state index contributed by atoms with van der Waals surface area (Å²) in [6.45, 7) is 3.23. The second-order valence-corrected chi connectivity index (χ2v) is 5.37. The summed E-state index contributed by atoms with van der Waals surface area (Å²) in [5.74, 6) is 1.72. The Morgan fingerprint density at radius 3 is 2.76 bits per heavy atom. The van der Waals surface area contributed by atoms with Crippen LogP contribution in [0.2, 0.25) is 5.02 Å². The molecule has 1 N–H and O–H groups in total. The zero-order chi connectivity index (χ0) is 15.4. The smallest absolute Gasteiger partial charge is 0.204 e. The number of halogens is 1. The zero-order valence-corrected chi connectivity index (χ0v) is 13.6. The highest BCUT2D eigenvalue weighted by atomic mass is 35.5. The van der Waals surface area contributed by atoms with Gasteiger partial charge in [0.1, 0.15) is 5.75 Å². The van der Waals surface area contributed by atoms with Gasteiger partial charge in [0.25, 0.3) is 0 Å². The number of nitrogens with one attached hydrogen (secondary N) is 1. The van der Waals surface area contributed by atoms with Gasteiger partial charge < -0.3 is 19.5 Å².